The van der Waals surface area contributed by atoms with Crippen molar-refractivity contribution in [3.63, 3.8) is 0 Å². The molecule has 0 aromatic heterocycles. The number of hydrogen-bond acceptors (Lipinski definition) is 5. The number of ether oxygens (including phenoxy) is 4. The van der Waals surface area contributed by atoms with Crippen LogP contribution in [0.1, 0.15) is 52.0 Å². The summed E-state index contributed by atoms with van der Waals surface area (Å²) in [7, 11) is 0. The Morgan fingerprint density at radius 1 is 0.920 bits per heavy atom. The first kappa shape index (κ1) is 21.5. The van der Waals surface area contributed by atoms with Gasteiger partial charge in [-0.2, -0.15) is 0 Å². The van der Waals surface area contributed by atoms with E-state index in [1.165, 1.54) is 12.5 Å². The van der Waals surface area contributed by atoms with E-state index in [4.69, 9.17) is 18.9 Å². The van der Waals surface area contributed by atoms with E-state index in [-0.39, 0.29) is 12.1 Å². The topological polar surface area (TPSA) is 54.0 Å². The van der Waals surface area contributed by atoms with Gasteiger partial charge < -0.3 is 18.9 Å². The quantitative estimate of drug-likeness (QED) is 0.397. The first-order valence-corrected chi connectivity index (χ1v) is 9.04. The first-order valence-electron chi connectivity index (χ1n) is 9.04. The molecule has 0 amide bonds. The van der Waals surface area contributed by atoms with Gasteiger partial charge >= 0.3 is 5.97 Å². The van der Waals surface area contributed by atoms with Crippen LogP contribution in [0.2, 0.25) is 0 Å². The van der Waals surface area contributed by atoms with Crippen molar-refractivity contribution in [2.45, 2.75) is 52.6 Å². The molecule has 1 rings (SSSR count). The zero-order valence-corrected chi connectivity index (χ0v) is 16.0. The molecule has 0 bridgehead atoms. The highest BCUT2D eigenvalue weighted by atomic mass is 16.6. The van der Waals surface area contributed by atoms with E-state index in [9.17, 15) is 4.79 Å². The minimum atomic E-state index is -0.279. The number of esters is 1. The molecule has 1 atom stereocenters. The van der Waals surface area contributed by atoms with Crippen molar-refractivity contribution >= 4 is 5.97 Å². The van der Waals surface area contributed by atoms with Crippen LogP contribution in [-0.4, -0.2) is 45.1 Å². The van der Waals surface area contributed by atoms with Crippen LogP contribution in [0.25, 0.3) is 0 Å². The highest BCUT2D eigenvalue weighted by Crippen LogP contribution is 2.19. The standard InChI is InChI=1S/C20H32O5/c1-16(2)19-6-8-20(9-7-19)25-17(3)10-13-22-11-5-12-23-14-15-24-18(4)21/h6-9,16-17H,5,10-15H2,1-4H3. The van der Waals surface area contributed by atoms with Gasteiger partial charge in [-0.1, -0.05) is 26.0 Å². The van der Waals surface area contributed by atoms with Crippen LogP contribution >= 0.6 is 0 Å². The highest BCUT2D eigenvalue weighted by molar-refractivity contribution is 5.65. The van der Waals surface area contributed by atoms with Crippen LogP contribution in [0.3, 0.4) is 0 Å². The van der Waals surface area contributed by atoms with Gasteiger partial charge in [0.25, 0.3) is 0 Å². The van der Waals surface area contributed by atoms with Gasteiger partial charge in [-0.25, -0.2) is 0 Å². The van der Waals surface area contributed by atoms with Crippen LogP contribution < -0.4 is 4.74 Å². The summed E-state index contributed by atoms with van der Waals surface area (Å²) in [5.41, 5.74) is 1.32. The normalized spacial score (nSPS) is 12.2. The van der Waals surface area contributed by atoms with E-state index in [0.717, 1.165) is 18.6 Å². The molecule has 0 aliphatic carbocycles. The van der Waals surface area contributed by atoms with Crippen LogP contribution in [0.4, 0.5) is 0 Å². The van der Waals surface area contributed by atoms with Crippen LogP contribution in [0.5, 0.6) is 5.75 Å². The molecule has 0 saturated heterocycles. The van der Waals surface area contributed by atoms with Crippen molar-refractivity contribution in [3.05, 3.63) is 29.8 Å². The van der Waals surface area contributed by atoms with E-state index in [1.54, 1.807) is 0 Å². The number of benzene rings is 1. The lowest BCUT2D eigenvalue weighted by Gasteiger charge is -2.15. The van der Waals surface area contributed by atoms with Crippen molar-refractivity contribution in [2.75, 3.05) is 33.0 Å². The minimum absolute atomic E-state index is 0.116. The van der Waals surface area contributed by atoms with Crippen molar-refractivity contribution < 1.29 is 23.7 Å². The average molecular weight is 352 g/mol. The van der Waals surface area contributed by atoms with Gasteiger partial charge in [-0.05, 0) is 37.0 Å². The zero-order chi connectivity index (χ0) is 18.5. The lowest BCUT2D eigenvalue weighted by atomic mass is 10.0. The summed E-state index contributed by atoms with van der Waals surface area (Å²) < 4.78 is 21.6. The fourth-order valence-corrected chi connectivity index (χ4v) is 2.18. The lowest BCUT2D eigenvalue weighted by molar-refractivity contribution is -0.142. The van der Waals surface area contributed by atoms with Gasteiger partial charge in [0.2, 0.25) is 0 Å². The molecule has 1 aromatic rings. The van der Waals surface area contributed by atoms with Gasteiger partial charge in [0, 0.05) is 26.6 Å². The molecule has 0 radical (unpaired) electrons. The van der Waals surface area contributed by atoms with Gasteiger partial charge in [-0.3, -0.25) is 4.79 Å². The Kier molecular flexibility index (Phi) is 10.9. The van der Waals surface area contributed by atoms with Gasteiger partial charge in [0.15, 0.2) is 0 Å². The Morgan fingerprint density at radius 2 is 1.56 bits per heavy atom. The molecule has 1 aromatic carbocycles. The maximum atomic E-state index is 10.6. The third kappa shape index (κ3) is 10.8. The lowest BCUT2D eigenvalue weighted by Crippen LogP contribution is -2.15. The Balaban J connectivity index is 2.00. The van der Waals surface area contributed by atoms with Gasteiger partial charge in [-0.15, -0.1) is 0 Å². The molecule has 0 saturated carbocycles. The zero-order valence-electron chi connectivity index (χ0n) is 16.0. The predicted molar refractivity (Wildman–Crippen MR) is 98.1 cm³/mol. The summed E-state index contributed by atoms with van der Waals surface area (Å²) in [5.74, 6) is 1.16. The molecule has 0 spiro atoms. The highest BCUT2D eigenvalue weighted by Gasteiger charge is 2.05. The molecule has 25 heavy (non-hydrogen) atoms. The van der Waals surface area contributed by atoms with Crippen molar-refractivity contribution in [1.29, 1.82) is 0 Å². The molecule has 0 aliphatic rings. The fraction of sp³-hybridized carbons (Fsp3) is 0.650. The van der Waals surface area contributed by atoms with E-state index in [1.807, 2.05) is 12.1 Å². The summed E-state index contributed by atoms with van der Waals surface area (Å²) in [6, 6.07) is 8.29. The third-order valence-corrected chi connectivity index (χ3v) is 3.66. The first-order chi connectivity index (χ1) is 12.0. The second kappa shape index (κ2) is 12.7. The number of carbonyl (C=O) groups excluding carboxylic acids is 1. The van der Waals surface area contributed by atoms with Crippen LogP contribution in [0.15, 0.2) is 24.3 Å². The van der Waals surface area contributed by atoms with Crippen molar-refractivity contribution in [1.82, 2.24) is 0 Å². The molecule has 1 unspecified atom stereocenters. The predicted octanol–water partition coefficient (Wildman–Crippen LogP) is 3.95. The molecule has 5 nitrogen and oxygen atoms in total. The third-order valence-electron chi connectivity index (χ3n) is 3.66. The second-order valence-corrected chi connectivity index (χ2v) is 6.36. The molecule has 0 N–H and O–H groups in total. The van der Waals surface area contributed by atoms with Gasteiger partial charge in [0.05, 0.1) is 19.3 Å². The molecule has 0 fully saturated rings. The molecule has 5 heteroatoms. The van der Waals surface area contributed by atoms with Crippen LogP contribution in [-0.2, 0) is 19.0 Å². The van der Waals surface area contributed by atoms with E-state index in [2.05, 4.69) is 32.9 Å². The molecular weight excluding hydrogens is 320 g/mol. The second-order valence-electron chi connectivity index (χ2n) is 6.36. The summed E-state index contributed by atoms with van der Waals surface area (Å²) in [6.45, 7) is 10.5. The molecular formula is C20H32O5. The Bertz CT molecular complexity index is 469. The fourth-order valence-electron chi connectivity index (χ4n) is 2.18. The Labute approximate surface area is 151 Å². The maximum absolute atomic E-state index is 10.6. The van der Waals surface area contributed by atoms with Crippen LogP contribution in [0, 0.1) is 0 Å². The Hall–Kier alpha value is -1.59. The van der Waals surface area contributed by atoms with Crippen molar-refractivity contribution in [2.24, 2.45) is 0 Å². The molecule has 0 heterocycles. The minimum Gasteiger partial charge on any atom is -0.491 e. The summed E-state index contributed by atoms with van der Waals surface area (Å²) in [6.07, 6.45) is 1.79. The largest absolute Gasteiger partial charge is 0.491 e. The smallest absolute Gasteiger partial charge is 0.302 e. The Morgan fingerprint density at radius 3 is 2.16 bits per heavy atom. The van der Waals surface area contributed by atoms with E-state index >= 15 is 0 Å². The SMILES string of the molecule is CC(=O)OCCOCCCOCCC(C)Oc1ccc(C(C)C)cc1. The number of carbonyl (C=O) groups is 1. The molecule has 142 valence electrons. The maximum Gasteiger partial charge on any atom is 0.302 e. The van der Waals surface area contributed by atoms with Gasteiger partial charge in [0.1, 0.15) is 12.4 Å². The summed E-state index contributed by atoms with van der Waals surface area (Å²) in [4.78, 5) is 10.6. The monoisotopic (exact) mass is 352 g/mol. The van der Waals surface area contributed by atoms with E-state index < -0.39 is 0 Å². The molecule has 0 aliphatic heterocycles. The summed E-state index contributed by atoms with van der Waals surface area (Å²) >= 11 is 0. The van der Waals surface area contributed by atoms with E-state index in [0.29, 0.717) is 39.0 Å². The van der Waals surface area contributed by atoms with Crippen molar-refractivity contribution in [3.8, 4) is 5.75 Å². The number of rotatable bonds is 13. The number of hydrogen-bond donors (Lipinski definition) is 0. The summed E-state index contributed by atoms with van der Waals surface area (Å²) in [5, 5.41) is 0. The average Bonchev–Trinajstić information content (AvgIpc) is 2.56.